The molecule has 3 aromatic carbocycles. The molecule has 0 radical (unpaired) electrons. The maximum absolute atomic E-state index is 12.7. The average Bonchev–Trinajstić information content (AvgIpc) is 2.77. The Morgan fingerprint density at radius 3 is 2.30 bits per heavy atom. The van der Waals surface area contributed by atoms with Crippen LogP contribution >= 0.6 is 11.6 Å². The summed E-state index contributed by atoms with van der Waals surface area (Å²) in [6.07, 6.45) is 0. The first-order chi connectivity index (χ1) is 14.5. The van der Waals surface area contributed by atoms with Crippen LogP contribution in [-0.4, -0.2) is 24.3 Å². The molecular formula is C23H15ClN2O4. The maximum Gasteiger partial charge on any atom is 0.339 e. The van der Waals surface area contributed by atoms with E-state index < -0.39 is 18.5 Å². The Balaban J connectivity index is 1.70. The lowest BCUT2D eigenvalue weighted by Gasteiger charge is -2.10. The molecule has 0 aromatic heterocycles. The Labute approximate surface area is 177 Å². The minimum atomic E-state index is -0.809. The molecule has 1 N–H and O–H groups in total. The van der Waals surface area contributed by atoms with Crippen molar-refractivity contribution in [2.24, 2.45) is 0 Å². The van der Waals surface area contributed by atoms with Crippen LogP contribution in [0, 0.1) is 11.3 Å². The van der Waals surface area contributed by atoms with Crippen molar-refractivity contribution in [2.75, 3.05) is 11.9 Å². The van der Waals surface area contributed by atoms with Gasteiger partial charge in [-0.15, -0.1) is 0 Å². The summed E-state index contributed by atoms with van der Waals surface area (Å²) in [6, 6.07) is 21.1. The summed E-state index contributed by atoms with van der Waals surface area (Å²) >= 11 is 5.88. The van der Waals surface area contributed by atoms with Crippen LogP contribution in [0.2, 0.25) is 5.02 Å². The van der Waals surface area contributed by atoms with E-state index in [1.807, 2.05) is 6.07 Å². The van der Waals surface area contributed by atoms with Crippen LogP contribution in [0.5, 0.6) is 0 Å². The standard InChI is InChI=1S/C23H15ClN2O4/c24-17-11-10-16(13-25)20(12-17)26-21(27)14-30-23(29)19-9-5-4-8-18(19)22(28)15-6-2-1-3-7-15/h1-12H,14H2,(H,26,27). The molecule has 0 bridgehead atoms. The van der Waals surface area contributed by atoms with E-state index in [1.165, 1.54) is 30.3 Å². The maximum atomic E-state index is 12.7. The van der Waals surface area contributed by atoms with Crippen molar-refractivity contribution in [3.05, 3.63) is 100 Å². The van der Waals surface area contributed by atoms with Crippen LogP contribution in [0.25, 0.3) is 0 Å². The Morgan fingerprint density at radius 2 is 1.60 bits per heavy atom. The number of carbonyl (C=O) groups is 3. The highest BCUT2D eigenvalue weighted by Gasteiger charge is 2.20. The lowest BCUT2D eigenvalue weighted by Crippen LogP contribution is -2.22. The first-order valence-electron chi connectivity index (χ1n) is 8.85. The summed E-state index contributed by atoms with van der Waals surface area (Å²) in [4.78, 5) is 37.4. The van der Waals surface area contributed by atoms with Crippen LogP contribution in [0.15, 0.2) is 72.8 Å². The molecule has 0 spiro atoms. The highest BCUT2D eigenvalue weighted by Crippen LogP contribution is 2.20. The van der Waals surface area contributed by atoms with Crippen molar-refractivity contribution in [3.63, 3.8) is 0 Å². The van der Waals surface area contributed by atoms with Crippen molar-refractivity contribution in [1.82, 2.24) is 0 Å². The number of esters is 1. The van der Waals surface area contributed by atoms with Gasteiger partial charge in [0.25, 0.3) is 5.91 Å². The first kappa shape index (κ1) is 20.8. The van der Waals surface area contributed by atoms with Gasteiger partial charge in [-0.05, 0) is 24.3 Å². The van der Waals surface area contributed by atoms with Gasteiger partial charge in [-0.2, -0.15) is 5.26 Å². The second kappa shape index (κ2) is 9.50. The normalized spacial score (nSPS) is 10.0. The van der Waals surface area contributed by atoms with Gasteiger partial charge in [0.2, 0.25) is 0 Å². The van der Waals surface area contributed by atoms with Crippen molar-refractivity contribution < 1.29 is 19.1 Å². The molecule has 3 aromatic rings. The van der Waals surface area contributed by atoms with Crippen LogP contribution in [0.3, 0.4) is 0 Å². The third kappa shape index (κ3) is 4.90. The van der Waals surface area contributed by atoms with E-state index in [2.05, 4.69) is 5.32 Å². The average molecular weight is 419 g/mol. The number of halogens is 1. The summed E-state index contributed by atoms with van der Waals surface area (Å²) in [5.41, 5.74) is 1.10. The number of rotatable bonds is 6. The summed E-state index contributed by atoms with van der Waals surface area (Å²) < 4.78 is 5.07. The molecule has 0 heterocycles. The molecule has 0 saturated carbocycles. The number of ketones is 1. The van der Waals surface area contributed by atoms with Gasteiger partial charge in [0.05, 0.1) is 16.8 Å². The van der Waals surface area contributed by atoms with Gasteiger partial charge in [-0.3, -0.25) is 9.59 Å². The molecule has 6 nitrogen and oxygen atoms in total. The molecule has 30 heavy (non-hydrogen) atoms. The fourth-order valence-corrected chi connectivity index (χ4v) is 2.89. The molecule has 3 rings (SSSR count). The second-order valence-corrected chi connectivity index (χ2v) is 6.60. The van der Waals surface area contributed by atoms with Gasteiger partial charge >= 0.3 is 5.97 Å². The van der Waals surface area contributed by atoms with Gasteiger partial charge in [0.15, 0.2) is 12.4 Å². The fourth-order valence-electron chi connectivity index (χ4n) is 2.72. The van der Waals surface area contributed by atoms with Crippen molar-refractivity contribution in [3.8, 4) is 6.07 Å². The Kier molecular flexibility index (Phi) is 6.58. The summed E-state index contributed by atoms with van der Waals surface area (Å²) in [6.45, 7) is -0.593. The number of anilines is 1. The quantitative estimate of drug-likeness (QED) is 0.477. The van der Waals surface area contributed by atoms with Gasteiger partial charge in [-0.25, -0.2) is 4.79 Å². The zero-order valence-corrected chi connectivity index (χ0v) is 16.3. The first-order valence-corrected chi connectivity index (χ1v) is 9.23. The molecule has 1 amide bonds. The lowest BCUT2D eigenvalue weighted by molar-refractivity contribution is -0.119. The van der Waals surface area contributed by atoms with E-state index in [1.54, 1.807) is 42.5 Å². The summed E-state index contributed by atoms with van der Waals surface area (Å²) in [5, 5.41) is 11.9. The highest BCUT2D eigenvalue weighted by atomic mass is 35.5. The Morgan fingerprint density at radius 1 is 0.933 bits per heavy atom. The summed E-state index contributed by atoms with van der Waals surface area (Å²) in [5.74, 6) is -1.78. The highest BCUT2D eigenvalue weighted by molar-refractivity contribution is 6.31. The van der Waals surface area contributed by atoms with Crippen molar-refractivity contribution in [1.29, 1.82) is 5.26 Å². The number of nitrogens with zero attached hydrogens (tertiary/aromatic N) is 1. The van der Waals surface area contributed by atoms with Crippen LogP contribution in [0.1, 0.15) is 31.8 Å². The van der Waals surface area contributed by atoms with Gasteiger partial charge in [0.1, 0.15) is 6.07 Å². The Hall–Kier alpha value is -3.95. The van der Waals surface area contributed by atoms with E-state index >= 15 is 0 Å². The minimum Gasteiger partial charge on any atom is -0.452 e. The Bertz CT molecular complexity index is 1150. The SMILES string of the molecule is N#Cc1ccc(Cl)cc1NC(=O)COC(=O)c1ccccc1C(=O)c1ccccc1. The molecule has 0 aliphatic heterocycles. The van der Waals surface area contributed by atoms with E-state index in [0.717, 1.165) is 0 Å². The molecule has 0 aliphatic rings. The predicted octanol–water partition coefficient (Wildman–Crippen LogP) is 4.24. The summed E-state index contributed by atoms with van der Waals surface area (Å²) in [7, 11) is 0. The molecule has 0 aliphatic carbocycles. The topological polar surface area (TPSA) is 96.3 Å². The molecule has 0 saturated heterocycles. The number of amides is 1. The van der Waals surface area contributed by atoms with E-state index in [4.69, 9.17) is 21.6 Å². The molecule has 0 unspecified atom stereocenters. The third-order valence-corrected chi connectivity index (χ3v) is 4.37. The molecule has 7 heteroatoms. The number of carbonyl (C=O) groups excluding carboxylic acids is 3. The van der Waals surface area contributed by atoms with Crippen LogP contribution in [-0.2, 0) is 9.53 Å². The van der Waals surface area contributed by atoms with Gasteiger partial charge in [0, 0.05) is 16.1 Å². The smallest absolute Gasteiger partial charge is 0.339 e. The fraction of sp³-hybridized carbons (Fsp3) is 0.0435. The predicted molar refractivity (Wildman–Crippen MR) is 111 cm³/mol. The third-order valence-electron chi connectivity index (χ3n) is 4.14. The number of hydrogen-bond acceptors (Lipinski definition) is 5. The van der Waals surface area contributed by atoms with Gasteiger partial charge < -0.3 is 10.1 Å². The number of nitriles is 1. The van der Waals surface area contributed by atoms with Crippen LogP contribution < -0.4 is 5.32 Å². The zero-order chi connectivity index (χ0) is 21.5. The largest absolute Gasteiger partial charge is 0.452 e. The molecule has 0 fully saturated rings. The number of benzene rings is 3. The second-order valence-electron chi connectivity index (χ2n) is 6.17. The molecule has 148 valence electrons. The van der Waals surface area contributed by atoms with E-state index in [9.17, 15) is 14.4 Å². The molecule has 0 atom stereocenters. The van der Waals surface area contributed by atoms with Gasteiger partial charge in [-0.1, -0.05) is 60.1 Å². The molecular weight excluding hydrogens is 404 g/mol. The van der Waals surface area contributed by atoms with Crippen LogP contribution in [0.4, 0.5) is 5.69 Å². The zero-order valence-electron chi connectivity index (χ0n) is 15.6. The monoisotopic (exact) mass is 418 g/mol. The number of hydrogen-bond donors (Lipinski definition) is 1. The van der Waals surface area contributed by atoms with E-state index in [0.29, 0.717) is 10.6 Å². The minimum absolute atomic E-state index is 0.0552. The lowest BCUT2D eigenvalue weighted by atomic mass is 9.98. The number of nitrogens with one attached hydrogen (secondary N) is 1. The number of ether oxygens (including phenoxy) is 1. The van der Waals surface area contributed by atoms with E-state index in [-0.39, 0.29) is 28.2 Å². The van der Waals surface area contributed by atoms with Crippen molar-refractivity contribution in [2.45, 2.75) is 0 Å². The van der Waals surface area contributed by atoms with Crippen molar-refractivity contribution >= 4 is 34.9 Å².